The molecule has 0 spiro atoms. The lowest BCUT2D eigenvalue weighted by atomic mass is 9.80. The molecule has 9 heteroatoms. The number of thiazole rings is 1. The Hall–Kier alpha value is -3.17. The lowest BCUT2D eigenvalue weighted by Gasteiger charge is -2.25. The predicted molar refractivity (Wildman–Crippen MR) is 140 cm³/mol. The number of carbonyl (C=O) groups is 2. The van der Waals surface area contributed by atoms with Gasteiger partial charge in [0, 0.05) is 12.1 Å². The van der Waals surface area contributed by atoms with Crippen LogP contribution in [0, 0.1) is 5.41 Å². The number of aliphatic carboxylic acids is 1. The summed E-state index contributed by atoms with van der Waals surface area (Å²) in [5.41, 5.74) is 1.87. The van der Waals surface area contributed by atoms with E-state index in [1.54, 1.807) is 7.11 Å². The molecule has 1 aliphatic carbocycles. The number of amides is 1. The van der Waals surface area contributed by atoms with Gasteiger partial charge in [-0.25, -0.2) is 4.98 Å². The highest BCUT2D eigenvalue weighted by Gasteiger charge is 2.45. The van der Waals surface area contributed by atoms with Crippen molar-refractivity contribution in [3.05, 3.63) is 52.5 Å². The molecule has 0 fully saturated rings. The topological polar surface area (TPSA) is 101 Å². The van der Waals surface area contributed by atoms with Crippen LogP contribution in [0.2, 0.25) is 0 Å². The largest absolute Gasteiger partial charge is 0.493 e. The number of fused-ring (bicyclic) bond motifs is 2. The van der Waals surface area contributed by atoms with E-state index in [0.29, 0.717) is 30.9 Å². The molecule has 1 heterocycles. The molecule has 3 aromatic rings. The normalized spacial score (nSPS) is 14.1. The Balaban J connectivity index is 1.43. The first-order valence-corrected chi connectivity index (χ1v) is 12.9. The zero-order valence-corrected chi connectivity index (χ0v) is 21.8. The summed E-state index contributed by atoms with van der Waals surface area (Å²) >= 11 is 1.47. The second-order valence-corrected chi connectivity index (χ2v) is 10.7. The van der Waals surface area contributed by atoms with Gasteiger partial charge in [0.25, 0.3) is 0 Å². The highest BCUT2D eigenvalue weighted by molar-refractivity contribution is 7.18. The van der Waals surface area contributed by atoms with Gasteiger partial charge in [0.15, 0.2) is 11.5 Å². The molecule has 0 atom stereocenters. The molecule has 1 aromatic heterocycles. The second-order valence-electron chi connectivity index (χ2n) is 9.59. The van der Waals surface area contributed by atoms with Gasteiger partial charge in [0.05, 0.1) is 42.3 Å². The average Bonchev–Trinajstić information content (AvgIpc) is 3.41. The summed E-state index contributed by atoms with van der Waals surface area (Å²) in [6, 6.07) is 11.6. The Morgan fingerprint density at radius 2 is 1.86 bits per heavy atom. The van der Waals surface area contributed by atoms with E-state index >= 15 is 0 Å². The van der Waals surface area contributed by atoms with Crippen molar-refractivity contribution in [2.45, 2.75) is 38.6 Å². The Bertz CT molecular complexity index is 1210. The van der Waals surface area contributed by atoms with Gasteiger partial charge in [0.1, 0.15) is 5.01 Å². The molecule has 36 heavy (non-hydrogen) atoms. The molecule has 1 amide bonds. The molecular formula is C27H33N3O5S. The van der Waals surface area contributed by atoms with Crippen LogP contribution in [0.3, 0.4) is 0 Å². The van der Waals surface area contributed by atoms with E-state index in [0.717, 1.165) is 45.7 Å². The van der Waals surface area contributed by atoms with Gasteiger partial charge in [-0.1, -0.05) is 24.3 Å². The van der Waals surface area contributed by atoms with E-state index in [2.05, 4.69) is 29.3 Å². The third-order valence-corrected chi connectivity index (χ3v) is 7.54. The van der Waals surface area contributed by atoms with Gasteiger partial charge in [-0.05, 0) is 57.5 Å². The zero-order valence-electron chi connectivity index (χ0n) is 21.0. The minimum absolute atomic E-state index is 0.209. The number of methoxy groups -OCH3 is 1. The van der Waals surface area contributed by atoms with Crippen LogP contribution in [0.5, 0.6) is 11.5 Å². The highest BCUT2D eigenvalue weighted by Crippen LogP contribution is 2.40. The van der Waals surface area contributed by atoms with Crippen LogP contribution in [0.25, 0.3) is 10.2 Å². The minimum Gasteiger partial charge on any atom is -0.493 e. The molecule has 192 valence electrons. The summed E-state index contributed by atoms with van der Waals surface area (Å²) in [6.07, 6.45) is 2.63. The standard InChI is InChI=1S/C27H33N3O5S/c1-30(2)10-6-7-11-35-22-12-20-23(13-21(22)34-3)36-24(29-20)17-28-26(33)27(16-25(31)32)14-18-8-4-5-9-19(18)15-27/h4-5,8-9,12-13H,6-7,10-11,14-17H2,1-3H3,(H,28,33)(H,31,32). The van der Waals surface area contributed by atoms with Crippen molar-refractivity contribution in [2.24, 2.45) is 5.41 Å². The number of carboxylic acid groups (broad SMARTS) is 1. The number of ether oxygens (including phenoxy) is 2. The highest BCUT2D eigenvalue weighted by atomic mass is 32.1. The van der Waals surface area contributed by atoms with E-state index in [9.17, 15) is 14.7 Å². The van der Waals surface area contributed by atoms with E-state index in [1.165, 1.54) is 11.3 Å². The van der Waals surface area contributed by atoms with Crippen molar-refractivity contribution in [2.75, 3.05) is 34.4 Å². The maximum atomic E-state index is 13.3. The fraction of sp³-hybridized carbons (Fsp3) is 0.444. The van der Waals surface area contributed by atoms with Gasteiger partial charge in [-0.2, -0.15) is 0 Å². The number of nitrogens with one attached hydrogen (secondary N) is 1. The third-order valence-electron chi connectivity index (χ3n) is 6.52. The third kappa shape index (κ3) is 5.96. The first kappa shape index (κ1) is 25.9. The van der Waals surface area contributed by atoms with Crippen LogP contribution in [0.15, 0.2) is 36.4 Å². The number of hydrogen-bond donors (Lipinski definition) is 2. The van der Waals surface area contributed by atoms with Gasteiger partial charge in [-0.3, -0.25) is 9.59 Å². The first-order valence-electron chi connectivity index (χ1n) is 12.1. The Kier molecular flexibility index (Phi) is 8.11. The monoisotopic (exact) mass is 511 g/mol. The second kappa shape index (κ2) is 11.3. The molecule has 0 aliphatic heterocycles. The Morgan fingerprint density at radius 1 is 1.14 bits per heavy atom. The van der Waals surface area contributed by atoms with E-state index in [1.807, 2.05) is 36.4 Å². The van der Waals surface area contributed by atoms with Gasteiger partial charge >= 0.3 is 5.97 Å². The lowest BCUT2D eigenvalue weighted by molar-refractivity contribution is -0.145. The Morgan fingerprint density at radius 3 is 2.50 bits per heavy atom. The molecule has 0 saturated carbocycles. The maximum absolute atomic E-state index is 13.3. The summed E-state index contributed by atoms with van der Waals surface area (Å²) in [4.78, 5) is 31.7. The Labute approximate surface area is 215 Å². The van der Waals surface area contributed by atoms with Crippen molar-refractivity contribution in [3.63, 3.8) is 0 Å². The number of aromatic nitrogens is 1. The first-order chi connectivity index (χ1) is 17.3. The molecule has 0 radical (unpaired) electrons. The SMILES string of the molecule is COc1cc2sc(CNC(=O)C3(CC(=O)O)Cc4ccccc4C3)nc2cc1OCCCCN(C)C. The molecule has 1 aliphatic rings. The number of unbranched alkanes of at least 4 members (excludes halogenated alkanes) is 1. The molecule has 8 nitrogen and oxygen atoms in total. The molecular weight excluding hydrogens is 478 g/mol. The zero-order chi connectivity index (χ0) is 25.7. The van der Waals surface area contributed by atoms with Gasteiger partial charge in [-0.15, -0.1) is 11.3 Å². The molecule has 0 bridgehead atoms. The fourth-order valence-electron chi connectivity index (χ4n) is 4.74. The number of rotatable bonds is 12. The van der Waals surface area contributed by atoms with Crippen molar-refractivity contribution in [1.29, 1.82) is 0 Å². The van der Waals surface area contributed by atoms with Crippen molar-refractivity contribution < 1.29 is 24.2 Å². The summed E-state index contributed by atoms with van der Waals surface area (Å²) in [5.74, 6) is 0.0808. The lowest BCUT2D eigenvalue weighted by Crippen LogP contribution is -2.43. The summed E-state index contributed by atoms with van der Waals surface area (Å²) in [7, 11) is 5.72. The number of benzene rings is 2. The summed E-state index contributed by atoms with van der Waals surface area (Å²) in [5, 5.41) is 13.2. The van der Waals surface area contributed by atoms with E-state index < -0.39 is 11.4 Å². The number of hydrogen-bond acceptors (Lipinski definition) is 7. The molecule has 2 aromatic carbocycles. The van der Waals surface area contributed by atoms with E-state index in [-0.39, 0.29) is 18.9 Å². The van der Waals surface area contributed by atoms with Gasteiger partial charge in [0.2, 0.25) is 5.91 Å². The molecule has 0 unspecified atom stereocenters. The smallest absolute Gasteiger partial charge is 0.304 e. The van der Waals surface area contributed by atoms with Crippen molar-refractivity contribution in [1.82, 2.24) is 15.2 Å². The van der Waals surface area contributed by atoms with Crippen LogP contribution in [0.4, 0.5) is 0 Å². The molecule has 0 saturated heterocycles. The maximum Gasteiger partial charge on any atom is 0.304 e. The molecule has 2 N–H and O–H groups in total. The summed E-state index contributed by atoms with van der Waals surface area (Å²) < 4.78 is 12.4. The number of carboxylic acids is 1. The quantitative estimate of drug-likeness (QED) is 0.356. The molecule has 4 rings (SSSR count). The minimum atomic E-state index is -0.983. The van der Waals surface area contributed by atoms with Crippen LogP contribution >= 0.6 is 11.3 Å². The average molecular weight is 512 g/mol. The van der Waals surface area contributed by atoms with Crippen LogP contribution in [-0.4, -0.2) is 61.2 Å². The van der Waals surface area contributed by atoms with Crippen LogP contribution in [-0.2, 0) is 29.0 Å². The van der Waals surface area contributed by atoms with Crippen LogP contribution < -0.4 is 14.8 Å². The van der Waals surface area contributed by atoms with Crippen molar-refractivity contribution >= 4 is 33.4 Å². The predicted octanol–water partition coefficient (Wildman–Crippen LogP) is 3.90. The van der Waals surface area contributed by atoms with Gasteiger partial charge < -0.3 is 24.8 Å². The fourth-order valence-corrected chi connectivity index (χ4v) is 5.65. The van der Waals surface area contributed by atoms with E-state index in [4.69, 9.17) is 9.47 Å². The number of nitrogens with zero attached hydrogens (tertiary/aromatic N) is 2. The summed E-state index contributed by atoms with van der Waals surface area (Å²) in [6.45, 7) is 1.84. The number of carbonyl (C=O) groups excluding carboxylic acids is 1. The van der Waals surface area contributed by atoms with Crippen molar-refractivity contribution in [3.8, 4) is 11.5 Å². The van der Waals surface area contributed by atoms with Crippen LogP contribution in [0.1, 0.15) is 35.4 Å².